The van der Waals surface area contributed by atoms with Crippen molar-refractivity contribution in [2.75, 3.05) is 30.1 Å². The molecule has 0 aliphatic carbocycles. The van der Waals surface area contributed by atoms with Crippen LogP contribution in [0, 0.1) is 0 Å². The Morgan fingerprint density at radius 3 is 2.50 bits per heavy atom. The average molecular weight is 262 g/mol. The SMILES string of the molecule is CCS(=O)(=O)c1ccccc1N(C)CCCl. The number of rotatable bonds is 5. The van der Waals surface area contributed by atoms with Gasteiger partial charge >= 0.3 is 0 Å². The summed E-state index contributed by atoms with van der Waals surface area (Å²) in [6, 6.07) is 7.00. The molecule has 0 saturated heterocycles. The molecule has 1 aromatic carbocycles. The molecule has 90 valence electrons. The van der Waals surface area contributed by atoms with Gasteiger partial charge in [0, 0.05) is 19.5 Å². The van der Waals surface area contributed by atoms with Gasteiger partial charge in [-0.2, -0.15) is 0 Å². The third-order valence-corrected chi connectivity index (χ3v) is 4.36. The van der Waals surface area contributed by atoms with Crippen LogP contribution in [0.2, 0.25) is 0 Å². The molecule has 5 heteroatoms. The summed E-state index contributed by atoms with van der Waals surface area (Å²) in [6.45, 7) is 2.27. The van der Waals surface area contributed by atoms with Gasteiger partial charge < -0.3 is 4.90 Å². The Morgan fingerprint density at radius 1 is 1.31 bits per heavy atom. The molecule has 16 heavy (non-hydrogen) atoms. The predicted octanol–water partition coefficient (Wildman–Crippen LogP) is 2.16. The molecule has 0 aliphatic rings. The largest absolute Gasteiger partial charge is 0.372 e. The van der Waals surface area contributed by atoms with Gasteiger partial charge in [0.1, 0.15) is 0 Å². The van der Waals surface area contributed by atoms with Crippen LogP contribution in [-0.2, 0) is 9.84 Å². The minimum atomic E-state index is -3.18. The van der Waals surface area contributed by atoms with Gasteiger partial charge in [-0.15, -0.1) is 11.6 Å². The van der Waals surface area contributed by atoms with Crippen LogP contribution in [0.25, 0.3) is 0 Å². The Bertz CT molecular complexity index is 445. The lowest BCUT2D eigenvalue weighted by Crippen LogP contribution is -2.22. The lowest BCUT2D eigenvalue weighted by molar-refractivity contribution is 0.597. The zero-order valence-corrected chi connectivity index (χ0v) is 11.1. The second-order valence-electron chi connectivity index (χ2n) is 3.48. The van der Waals surface area contributed by atoms with Crippen molar-refractivity contribution in [2.45, 2.75) is 11.8 Å². The van der Waals surface area contributed by atoms with Crippen LogP contribution in [0.15, 0.2) is 29.2 Å². The van der Waals surface area contributed by atoms with E-state index >= 15 is 0 Å². The summed E-state index contributed by atoms with van der Waals surface area (Å²) in [6.07, 6.45) is 0. The maximum atomic E-state index is 11.9. The van der Waals surface area contributed by atoms with E-state index in [2.05, 4.69) is 0 Å². The van der Waals surface area contributed by atoms with Crippen LogP contribution in [0.1, 0.15) is 6.92 Å². The van der Waals surface area contributed by atoms with Crippen LogP contribution in [0.3, 0.4) is 0 Å². The molecule has 0 saturated carbocycles. The van der Waals surface area contributed by atoms with Gasteiger partial charge in [-0.1, -0.05) is 19.1 Å². The lowest BCUT2D eigenvalue weighted by atomic mass is 10.3. The number of sulfone groups is 1. The summed E-state index contributed by atoms with van der Waals surface area (Å²) in [5.41, 5.74) is 0.713. The van der Waals surface area contributed by atoms with Crippen molar-refractivity contribution in [1.29, 1.82) is 0 Å². The Morgan fingerprint density at radius 2 is 1.94 bits per heavy atom. The van der Waals surface area contributed by atoms with E-state index in [-0.39, 0.29) is 5.75 Å². The summed E-state index contributed by atoms with van der Waals surface area (Å²) >= 11 is 5.66. The van der Waals surface area contributed by atoms with Crippen LogP contribution >= 0.6 is 11.6 Å². The quantitative estimate of drug-likeness (QED) is 0.763. The minimum absolute atomic E-state index is 0.110. The monoisotopic (exact) mass is 261 g/mol. The molecule has 0 atom stereocenters. The van der Waals surface area contributed by atoms with E-state index < -0.39 is 9.84 Å². The fourth-order valence-electron chi connectivity index (χ4n) is 1.44. The lowest BCUT2D eigenvalue weighted by Gasteiger charge is -2.20. The number of anilines is 1. The van der Waals surface area contributed by atoms with Gasteiger partial charge in [-0.3, -0.25) is 0 Å². The van der Waals surface area contributed by atoms with Gasteiger partial charge in [-0.25, -0.2) is 8.42 Å². The Balaban J connectivity index is 3.20. The van der Waals surface area contributed by atoms with Gasteiger partial charge in [0.15, 0.2) is 9.84 Å². The van der Waals surface area contributed by atoms with Crippen LogP contribution in [0.5, 0.6) is 0 Å². The number of benzene rings is 1. The normalized spacial score (nSPS) is 11.4. The molecule has 1 rings (SSSR count). The van der Waals surface area contributed by atoms with Crippen molar-refractivity contribution in [3.8, 4) is 0 Å². The third kappa shape index (κ3) is 2.89. The van der Waals surface area contributed by atoms with Crippen molar-refractivity contribution >= 4 is 27.1 Å². The molecule has 0 heterocycles. The van der Waals surface area contributed by atoms with Crippen molar-refractivity contribution < 1.29 is 8.42 Å². The minimum Gasteiger partial charge on any atom is -0.372 e. The molecule has 0 spiro atoms. The highest BCUT2D eigenvalue weighted by Gasteiger charge is 2.17. The average Bonchev–Trinajstić information content (AvgIpc) is 2.29. The smallest absolute Gasteiger partial charge is 0.180 e. The van der Waals surface area contributed by atoms with Gasteiger partial charge in [0.05, 0.1) is 16.3 Å². The zero-order chi connectivity index (χ0) is 12.2. The number of nitrogens with zero attached hydrogens (tertiary/aromatic N) is 1. The van der Waals surface area contributed by atoms with Crippen molar-refractivity contribution in [3.05, 3.63) is 24.3 Å². The van der Waals surface area contributed by atoms with Crippen LogP contribution in [-0.4, -0.2) is 33.6 Å². The molecule has 0 unspecified atom stereocenters. The summed E-state index contributed by atoms with van der Waals surface area (Å²) < 4.78 is 23.7. The van der Waals surface area contributed by atoms with Gasteiger partial charge in [-0.05, 0) is 12.1 Å². The molecule has 0 N–H and O–H groups in total. The molecule has 0 aromatic heterocycles. The third-order valence-electron chi connectivity index (χ3n) is 2.41. The van der Waals surface area contributed by atoms with E-state index in [1.807, 2.05) is 18.0 Å². The first-order chi connectivity index (χ1) is 7.53. The highest BCUT2D eigenvalue weighted by Crippen LogP contribution is 2.24. The second kappa shape index (κ2) is 5.55. The van der Waals surface area contributed by atoms with E-state index in [0.29, 0.717) is 23.0 Å². The molecule has 0 radical (unpaired) electrons. The van der Waals surface area contributed by atoms with Gasteiger partial charge in [0.25, 0.3) is 0 Å². The first-order valence-corrected chi connectivity index (χ1v) is 7.30. The first-order valence-electron chi connectivity index (χ1n) is 5.11. The molecular weight excluding hydrogens is 246 g/mol. The molecular formula is C11H16ClNO2S. The highest BCUT2D eigenvalue weighted by atomic mass is 35.5. The summed E-state index contributed by atoms with van der Waals surface area (Å²) in [4.78, 5) is 2.24. The topological polar surface area (TPSA) is 37.4 Å². The zero-order valence-electron chi connectivity index (χ0n) is 9.48. The molecule has 0 fully saturated rings. The van der Waals surface area contributed by atoms with Crippen LogP contribution < -0.4 is 4.90 Å². The van der Waals surface area contributed by atoms with E-state index in [0.717, 1.165) is 0 Å². The fraction of sp³-hybridized carbons (Fsp3) is 0.455. The summed E-state index contributed by atoms with van der Waals surface area (Å²) in [5, 5.41) is 0. The maximum absolute atomic E-state index is 11.9. The number of hydrogen-bond donors (Lipinski definition) is 0. The van der Waals surface area contributed by atoms with Crippen molar-refractivity contribution in [3.63, 3.8) is 0 Å². The molecule has 0 bridgehead atoms. The van der Waals surface area contributed by atoms with E-state index in [4.69, 9.17) is 11.6 Å². The predicted molar refractivity (Wildman–Crippen MR) is 68.2 cm³/mol. The number of halogens is 1. The highest BCUT2D eigenvalue weighted by molar-refractivity contribution is 7.91. The van der Waals surface area contributed by atoms with Gasteiger partial charge in [0.2, 0.25) is 0 Å². The molecule has 0 amide bonds. The fourth-order valence-corrected chi connectivity index (χ4v) is 2.83. The standard InChI is InChI=1S/C11H16ClNO2S/c1-3-16(14,15)11-7-5-4-6-10(11)13(2)9-8-12/h4-7H,3,8-9H2,1-2H3. The summed E-state index contributed by atoms with van der Waals surface area (Å²) in [5.74, 6) is 0.579. The second-order valence-corrected chi connectivity index (χ2v) is 6.11. The number of hydrogen-bond acceptors (Lipinski definition) is 3. The van der Waals surface area contributed by atoms with Crippen molar-refractivity contribution in [1.82, 2.24) is 0 Å². The van der Waals surface area contributed by atoms with E-state index in [9.17, 15) is 8.42 Å². The Kier molecular flexibility index (Phi) is 4.62. The summed E-state index contributed by atoms with van der Waals surface area (Å²) in [7, 11) is -1.34. The Labute approximate surface area is 102 Å². The molecule has 0 aliphatic heterocycles. The Hall–Kier alpha value is -0.740. The number of para-hydroxylation sites is 1. The van der Waals surface area contributed by atoms with Crippen molar-refractivity contribution in [2.24, 2.45) is 0 Å². The maximum Gasteiger partial charge on any atom is 0.180 e. The first kappa shape index (κ1) is 13.3. The number of alkyl halides is 1. The molecule has 3 nitrogen and oxygen atoms in total. The van der Waals surface area contributed by atoms with E-state index in [1.165, 1.54) is 0 Å². The van der Waals surface area contributed by atoms with E-state index in [1.54, 1.807) is 25.1 Å². The van der Waals surface area contributed by atoms with Crippen LogP contribution in [0.4, 0.5) is 5.69 Å². The molecule has 1 aromatic rings.